The number of carbonyl (C=O) groups excluding carboxylic acids is 1. The van der Waals surface area contributed by atoms with E-state index in [4.69, 9.17) is 23.2 Å². The van der Waals surface area contributed by atoms with Gasteiger partial charge in [-0.1, -0.05) is 30.1 Å². The highest BCUT2D eigenvalue weighted by molar-refractivity contribution is 6.50. The number of fused-ring (bicyclic) bond motifs is 3. The Balaban J connectivity index is 2.03. The van der Waals surface area contributed by atoms with E-state index in [0.717, 1.165) is 18.7 Å². The van der Waals surface area contributed by atoms with Crippen LogP contribution in [0.4, 0.5) is 11.4 Å². The first-order valence-corrected chi connectivity index (χ1v) is 6.77. The highest BCUT2D eigenvalue weighted by Crippen LogP contribution is 2.38. The van der Waals surface area contributed by atoms with Gasteiger partial charge in [0.2, 0.25) is 5.84 Å². The molecule has 3 rings (SSSR count). The van der Waals surface area contributed by atoms with E-state index in [1.54, 1.807) is 12.1 Å². The number of rotatable bonds is 2. The third-order valence-corrected chi connectivity index (χ3v) is 3.78. The maximum absolute atomic E-state index is 12.0. The first-order valence-electron chi connectivity index (χ1n) is 6.01. The second kappa shape index (κ2) is 4.58. The lowest BCUT2D eigenvalue weighted by Crippen LogP contribution is -2.42. The van der Waals surface area contributed by atoms with Gasteiger partial charge in [0.1, 0.15) is 6.67 Å². The monoisotopic (exact) mass is 298 g/mol. The summed E-state index contributed by atoms with van der Waals surface area (Å²) in [5.41, 5.74) is 1.49. The summed E-state index contributed by atoms with van der Waals surface area (Å²) in [6.45, 7) is 3.44. The number of nitrogens with one attached hydrogen (secondary N) is 1. The van der Waals surface area contributed by atoms with Crippen LogP contribution in [0.2, 0.25) is 10.0 Å². The Kier molecular flexibility index (Phi) is 3.03. The summed E-state index contributed by atoms with van der Waals surface area (Å²) in [5.74, 6) is 0.184. The quantitative estimate of drug-likeness (QED) is 0.913. The Labute approximate surface area is 120 Å². The molecule has 0 saturated heterocycles. The minimum Gasteiger partial charge on any atom is -0.317 e. The summed E-state index contributed by atoms with van der Waals surface area (Å²) < 4.78 is 0. The second-order valence-electron chi connectivity index (χ2n) is 4.46. The van der Waals surface area contributed by atoms with E-state index in [2.05, 4.69) is 17.3 Å². The molecule has 0 atom stereocenters. The van der Waals surface area contributed by atoms with Crippen molar-refractivity contribution in [3.8, 4) is 0 Å². The number of halogens is 2. The van der Waals surface area contributed by atoms with E-state index in [1.807, 2.05) is 9.91 Å². The first kappa shape index (κ1) is 12.6. The van der Waals surface area contributed by atoms with Crippen LogP contribution in [0.5, 0.6) is 0 Å². The number of benzene rings is 1. The van der Waals surface area contributed by atoms with Crippen LogP contribution in [-0.2, 0) is 4.79 Å². The predicted molar refractivity (Wildman–Crippen MR) is 76.9 cm³/mol. The van der Waals surface area contributed by atoms with Crippen LogP contribution in [0.3, 0.4) is 0 Å². The highest BCUT2D eigenvalue weighted by Gasteiger charge is 2.35. The lowest BCUT2D eigenvalue weighted by atomic mass is 10.2. The molecule has 1 aromatic carbocycles. The highest BCUT2D eigenvalue weighted by atomic mass is 35.5. The Hall–Kier alpha value is -1.46. The van der Waals surface area contributed by atoms with E-state index in [9.17, 15) is 4.79 Å². The Morgan fingerprint density at radius 2 is 2.11 bits per heavy atom. The summed E-state index contributed by atoms with van der Waals surface area (Å²) in [5, 5.41) is 9.85. The summed E-state index contributed by atoms with van der Waals surface area (Å²) in [7, 11) is 0. The molecule has 0 aliphatic carbocycles. The maximum Gasteiger partial charge on any atom is 0.293 e. The molecule has 0 bridgehead atoms. The van der Waals surface area contributed by atoms with Crippen molar-refractivity contribution in [2.24, 2.45) is 5.10 Å². The van der Waals surface area contributed by atoms with Gasteiger partial charge in [0.25, 0.3) is 5.91 Å². The molecule has 100 valence electrons. The van der Waals surface area contributed by atoms with E-state index < -0.39 is 0 Å². The van der Waals surface area contributed by atoms with Gasteiger partial charge >= 0.3 is 0 Å². The van der Waals surface area contributed by atoms with Crippen LogP contribution in [0.15, 0.2) is 17.2 Å². The van der Waals surface area contributed by atoms with Crippen molar-refractivity contribution in [1.29, 1.82) is 0 Å². The zero-order valence-electron chi connectivity index (χ0n) is 10.3. The van der Waals surface area contributed by atoms with Gasteiger partial charge in [-0.3, -0.25) is 14.7 Å². The first-order chi connectivity index (χ1) is 9.10. The minimum atomic E-state index is -0.218. The van der Waals surface area contributed by atoms with Crippen LogP contribution in [0, 0.1) is 0 Å². The van der Waals surface area contributed by atoms with Crippen LogP contribution >= 0.6 is 23.2 Å². The number of anilines is 2. The van der Waals surface area contributed by atoms with Gasteiger partial charge in [0, 0.05) is 6.54 Å². The van der Waals surface area contributed by atoms with E-state index in [0.29, 0.717) is 28.2 Å². The molecule has 2 aliphatic heterocycles. The molecule has 5 nitrogen and oxygen atoms in total. The average Bonchev–Trinajstić information content (AvgIpc) is 2.77. The number of nitrogens with zero attached hydrogens (tertiary/aromatic N) is 3. The van der Waals surface area contributed by atoms with Crippen molar-refractivity contribution >= 4 is 46.3 Å². The number of hydrogen-bond acceptors (Lipinski definition) is 4. The number of carbonyl (C=O) groups is 1. The molecule has 0 spiro atoms. The lowest BCUT2D eigenvalue weighted by Gasteiger charge is -2.28. The van der Waals surface area contributed by atoms with Crippen molar-refractivity contribution in [2.75, 3.05) is 23.4 Å². The van der Waals surface area contributed by atoms with E-state index >= 15 is 0 Å². The topological polar surface area (TPSA) is 47.9 Å². The fourth-order valence-corrected chi connectivity index (χ4v) is 2.55. The summed E-state index contributed by atoms with van der Waals surface area (Å²) in [6.07, 6.45) is 0.973. The molecule has 1 aromatic rings. The van der Waals surface area contributed by atoms with Crippen molar-refractivity contribution in [3.63, 3.8) is 0 Å². The van der Waals surface area contributed by atoms with Crippen LogP contribution in [0.25, 0.3) is 0 Å². The molecule has 19 heavy (non-hydrogen) atoms. The van der Waals surface area contributed by atoms with Crippen molar-refractivity contribution in [3.05, 3.63) is 22.2 Å². The van der Waals surface area contributed by atoms with E-state index in [-0.39, 0.29) is 5.91 Å². The van der Waals surface area contributed by atoms with Crippen LogP contribution < -0.4 is 10.2 Å². The summed E-state index contributed by atoms with van der Waals surface area (Å²) in [6, 6.07) is 3.42. The van der Waals surface area contributed by atoms with Gasteiger partial charge in [0.15, 0.2) is 0 Å². The average molecular weight is 299 g/mol. The minimum absolute atomic E-state index is 0.218. The molecule has 2 heterocycles. The van der Waals surface area contributed by atoms with Gasteiger partial charge in [0.05, 0.1) is 21.4 Å². The van der Waals surface area contributed by atoms with Crippen LogP contribution in [-0.4, -0.2) is 30.0 Å². The molecule has 0 radical (unpaired) electrons. The SMILES string of the molecule is CCCN1CN2C(=N1)C(=O)Nc1cc(Cl)c(Cl)cc12. The Morgan fingerprint density at radius 3 is 2.84 bits per heavy atom. The van der Waals surface area contributed by atoms with Gasteiger partial charge in [-0.05, 0) is 18.6 Å². The zero-order chi connectivity index (χ0) is 13.6. The predicted octanol–water partition coefficient (Wildman–Crippen LogP) is 2.75. The number of hydrazone groups is 1. The molecule has 0 unspecified atom stereocenters. The van der Waals surface area contributed by atoms with Gasteiger partial charge in [-0.2, -0.15) is 5.10 Å². The molecular weight excluding hydrogens is 287 g/mol. The smallest absolute Gasteiger partial charge is 0.293 e. The second-order valence-corrected chi connectivity index (χ2v) is 5.28. The van der Waals surface area contributed by atoms with Gasteiger partial charge < -0.3 is 5.32 Å². The Morgan fingerprint density at radius 1 is 1.37 bits per heavy atom. The van der Waals surface area contributed by atoms with Gasteiger partial charge in [-0.15, -0.1) is 0 Å². The van der Waals surface area contributed by atoms with Crippen molar-refractivity contribution < 1.29 is 4.79 Å². The lowest BCUT2D eigenvalue weighted by molar-refractivity contribution is -0.110. The number of hydrogen-bond donors (Lipinski definition) is 1. The largest absolute Gasteiger partial charge is 0.317 e. The molecule has 1 N–H and O–H groups in total. The molecule has 7 heteroatoms. The summed E-state index contributed by atoms with van der Waals surface area (Å²) >= 11 is 12.0. The third kappa shape index (κ3) is 2.03. The normalized spacial score (nSPS) is 17.0. The molecule has 2 aliphatic rings. The molecule has 1 amide bonds. The number of amides is 1. The van der Waals surface area contributed by atoms with Crippen molar-refractivity contribution in [1.82, 2.24) is 5.01 Å². The number of amidine groups is 1. The standard InChI is InChI=1S/C12H12Cl2N4O/c1-2-3-17-6-18-10-5-8(14)7(13)4-9(10)15-12(19)11(18)16-17/h4-5H,2-3,6H2,1H3,(H,15,19). The van der Waals surface area contributed by atoms with Crippen LogP contribution in [0.1, 0.15) is 13.3 Å². The van der Waals surface area contributed by atoms with Crippen molar-refractivity contribution in [2.45, 2.75) is 13.3 Å². The Bertz CT molecular complexity index is 587. The summed E-state index contributed by atoms with van der Waals surface area (Å²) in [4.78, 5) is 13.9. The van der Waals surface area contributed by atoms with E-state index in [1.165, 1.54) is 0 Å². The van der Waals surface area contributed by atoms with Gasteiger partial charge in [-0.25, -0.2) is 0 Å². The molecule has 0 fully saturated rings. The fourth-order valence-electron chi connectivity index (χ4n) is 2.22. The maximum atomic E-state index is 12.0. The third-order valence-electron chi connectivity index (χ3n) is 3.06. The molecule has 0 saturated carbocycles. The fraction of sp³-hybridized carbons (Fsp3) is 0.333. The zero-order valence-corrected chi connectivity index (χ0v) is 11.8. The molecule has 0 aromatic heterocycles. The molecular formula is C12H12Cl2N4O.